The lowest BCUT2D eigenvalue weighted by molar-refractivity contribution is 0.827. The predicted molar refractivity (Wildman–Crippen MR) is 72.8 cm³/mol. The molecular formula is C14H17N3O. The molecule has 2 N–H and O–H groups in total. The van der Waals surface area contributed by atoms with E-state index in [4.69, 9.17) is 0 Å². The zero-order valence-corrected chi connectivity index (χ0v) is 10.4. The number of aromatic nitrogens is 2. The molecular weight excluding hydrogens is 226 g/mol. The number of nitrogens with zero attached hydrogens (tertiary/aromatic N) is 1. The lowest BCUT2D eigenvalue weighted by atomic mass is 10.1. The summed E-state index contributed by atoms with van der Waals surface area (Å²) in [5.74, 6) is 0. The summed E-state index contributed by atoms with van der Waals surface area (Å²) in [6.07, 6.45) is 3.10. The van der Waals surface area contributed by atoms with Crippen LogP contribution in [0.3, 0.4) is 0 Å². The van der Waals surface area contributed by atoms with E-state index in [-0.39, 0.29) is 5.56 Å². The van der Waals surface area contributed by atoms with E-state index < -0.39 is 0 Å². The third-order valence-corrected chi connectivity index (χ3v) is 2.87. The fourth-order valence-electron chi connectivity index (χ4n) is 1.87. The topological polar surface area (TPSA) is 57.8 Å². The lowest BCUT2D eigenvalue weighted by Crippen LogP contribution is -2.16. The van der Waals surface area contributed by atoms with Crippen LogP contribution < -0.4 is 10.9 Å². The molecule has 0 spiro atoms. The second-order valence-corrected chi connectivity index (χ2v) is 4.19. The van der Waals surface area contributed by atoms with Crippen LogP contribution in [0.5, 0.6) is 0 Å². The minimum atomic E-state index is -0.0257. The van der Waals surface area contributed by atoms with Crippen LogP contribution in [-0.4, -0.2) is 16.5 Å². The first-order valence-electron chi connectivity index (χ1n) is 6.09. The second-order valence-electron chi connectivity index (χ2n) is 4.19. The Kier molecular flexibility index (Phi) is 4.12. The Morgan fingerprint density at radius 1 is 1.28 bits per heavy atom. The van der Waals surface area contributed by atoms with Gasteiger partial charge in [0.05, 0.1) is 6.33 Å². The number of para-hydroxylation sites is 1. The Hall–Kier alpha value is -2.10. The highest BCUT2D eigenvalue weighted by Crippen LogP contribution is 2.06. The molecule has 94 valence electrons. The summed E-state index contributed by atoms with van der Waals surface area (Å²) in [4.78, 5) is 18.3. The first-order valence-corrected chi connectivity index (χ1v) is 6.09. The van der Waals surface area contributed by atoms with E-state index in [1.54, 1.807) is 0 Å². The number of anilines is 1. The van der Waals surface area contributed by atoms with Gasteiger partial charge >= 0.3 is 0 Å². The largest absolute Gasteiger partial charge is 0.385 e. The molecule has 0 amide bonds. The zero-order chi connectivity index (χ0) is 12.8. The van der Waals surface area contributed by atoms with Crippen molar-refractivity contribution in [2.45, 2.75) is 19.8 Å². The van der Waals surface area contributed by atoms with Gasteiger partial charge in [-0.05, 0) is 31.9 Å². The Labute approximate surface area is 106 Å². The van der Waals surface area contributed by atoms with Crippen molar-refractivity contribution in [2.75, 3.05) is 11.9 Å². The van der Waals surface area contributed by atoms with Crippen molar-refractivity contribution in [2.24, 2.45) is 0 Å². The van der Waals surface area contributed by atoms with E-state index in [1.165, 1.54) is 6.33 Å². The molecule has 0 saturated carbocycles. The summed E-state index contributed by atoms with van der Waals surface area (Å²) in [6, 6.07) is 10.0. The average molecular weight is 243 g/mol. The van der Waals surface area contributed by atoms with Crippen LogP contribution in [0.4, 0.5) is 5.69 Å². The Morgan fingerprint density at radius 3 is 2.78 bits per heavy atom. The van der Waals surface area contributed by atoms with Crippen molar-refractivity contribution in [3.8, 4) is 0 Å². The molecule has 1 aromatic heterocycles. The van der Waals surface area contributed by atoms with Crippen molar-refractivity contribution in [3.05, 3.63) is 58.3 Å². The normalized spacial score (nSPS) is 10.3. The van der Waals surface area contributed by atoms with Gasteiger partial charge in [0.15, 0.2) is 0 Å². The highest BCUT2D eigenvalue weighted by atomic mass is 16.1. The van der Waals surface area contributed by atoms with E-state index in [1.807, 2.05) is 37.3 Å². The molecule has 4 heteroatoms. The Morgan fingerprint density at radius 2 is 2.06 bits per heavy atom. The van der Waals surface area contributed by atoms with Crippen molar-refractivity contribution < 1.29 is 0 Å². The number of aryl methyl sites for hydroxylation is 1. The number of nitrogens with one attached hydrogen (secondary N) is 2. The Balaban J connectivity index is 1.84. The van der Waals surface area contributed by atoms with Gasteiger partial charge in [-0.2, -0.15) is 0 Å². The first kappa shape index (κ1) is 12.4. The lowest BCUT2D eigenvalue weighted by Gasteiger charge is -2.06. The van der Waals surface area contributed by atoms with Gasteiger partial charge in [0.1, 0.15) is 0 Å². The minimum Gasteiger partial charge on any atom is -0.385 e. The van der Waals surface area contributed by atoms with Crippen LogP contribution in [0.1, 0.15) is 17.7 Å². The fourth-order valence-corrected chi connectivity index (χ4v) is 1.87. The number of benzene rings is 1. The van der Waals surface area contributed by atoms with Gasteiger partial charge in [0.25, 0.3) is 5.56 Å². The summed E-state index contributed by atoms with van der Waals surface area (Å²) in [5, 5.41) is 3.32. The number of aromatic amines is 1. The fraction of sp³-hybridized carbons (Fsp3) is 0.286. The quantitative estimate of drug-likeness (QED) is 0.791. The molecule has 18 heavy (non-hydrogen) atoms. The van der Waals surface area contributed by atoms with Gasteiger partial charge in [-0.3, -0.25) is 4.79 Å². The van der Waals surface area contributed by atoms with E-state index in [2.05, 4.69) is 15.3 Å². The van der Waals surface area contributed by atoms with Crippen LogP contribution in [0, 0.1) is 6.92 Å². The average Bonchev–Trinajstić information content (AvgIpc) is 2.38. The van der Waals surface area contributed by atoms with Crippen LogP contribution >= 0.6 is 0 Å². The molecule has 0 aliphatic rings. The molecule has 0 radical (unpaired) electrons. The molecule has 4 nitrogen and oxygen atoms in total. The first-order chi connectivity index (χ1) is 8.77. The molecule has 0 aliphatic heterocycles. The van der Waals surface area contributed by atoms with E-state index in [9.17, 15) is 4.79 Å². The smallest absolute Gasteiger partial charge is 0.254 e. The van der Waals surface area contributed by atoms with Crippen LogP contribution in [-0.2, 0) is 6.42 Å². The SMILES string of the molecule is Cc1nc[nH]c(=O)c1CCCNc1ccccc1. The number of H-pyrrole nitrogens is 1. The summed E-state index contributed by atoms with van der Waals surface area (Å²) >= 11 is 0. The maximum Gasteiger partial charge on any atom is 0.254 e. The summed E-state index contributed by atoms with van der Waals surface area (Å²) in [5.41, 5.74) is 2.68. The van der Waals surface area contributed by atoms with E-state index in [0.29, 0.717) is 0 Å². The maximum absolute atomic E-state index is 11.6. The van der Waals surface area contributed by atoms with Gasteiger partial charge in [0.2, 0.25) is 0 Å². The van der Waals surface area contributed by atoms with Gasteiger partial charge in [-0.15, -0.1) is 0 Å². The molecule has 0 atom stereocenters. The molecule has 0 fully saturated rings. The summed E-state index contributed by atoms with van der Waals surface area (Å²) < 4.78 is 0. The second kappa shape index (κ2) is 6.00. The monoisotopic (exact) mass is 243 g/mol. The molecule has 0 saturated heterocycles. The van der Waals surface area contributed by atoms with Crippen molar-refractivity contribution in [1.82, 2.24) is 9.97 Å². The molecule has 1 heterocycles. The van der Waals surface area contributed by atoms with Crippen molar-refractivity contribution >= 4 is 5.69 Å². The van der Waals surface area contributed by atoms with Gasteiger partial charge in [-0.25, -0.2) is 4.98 Å². The minimum absolute atomic E-state index is 0.0257. The predicted octanol–water partition coefficient (Wildman–Crippen LogP) is 2.12. The van der Waals surface area contributed by atoms with E-state index in [0.717, 1.165) is 36.3 Å². The maximum atomic E-state index is 11.6. The number of rotatable bonds is 5. The zero-order valence-electron chi connectivity index (χ0n) is 10.4. The number of hydrogen-bond acceptors (Lipinski definition) is 3. The third-order valence-electron chi connectivity index (χ3n) is 2.87. The molecule has 2 aromatic rings. The summed E-state index contributed by atoms with van der Waals surface area (Å²) in [7, 11) is 0. The van der Waals surface area contributed by atoms with Crippen molar-refractivity contribution in [1.29, 1.82) is 0 Å². The van der Waals surface area contributed by atoms with Crippen molar-refractivity contribution in [3.63, 3.8) is 0 Å². The van der Waals surface area contributed by atoms with Crippen LogP contribution in [0.25, 0.3) is 0 Å². The standard InChI is InChI=1S/C14H17N3O/c1-11-13(14(18)17-10-16-11)8-5-9-15-12-6-3-2-4-7-12/h2-4,6-7,10,15H,5,8-9H2,1H3,(H,16,17,18). The molecule has 0 bridgehead atoms. The van der Waals surface area contributed by atoms with E-state index >= 15 is 0 Å². The van der Waals surface area contributed by atoms with Gasteiger partial charge < -0.3 is 10.3 Å². The molecule has 2 rings (SSSR count). The van der Waals surface area contributed by atoms with Gasteiger partial charge in [-0.1, -0.05) is 18.2 Å². The highest BCUT2D eigenvalue weighted by molar-refractivity contribution is 5.42. The molecule has 0 unspecified atom stereocenters. The third kappa shape index (κ3) is 3.20. The van der Waals surface area contributed by atoms with Crippen LogP contribution in [0.2, 0.25) is 0 Å². The molecule has 0 aliphatic carbocycles. The van der Waals surface area contributed by atoms with Crippen LogP contribution in [0.15, 0.2) is 41.5 Å². The highest BCUT2D eigenvalue weighted by Gasteiger charge is 2.03. The van der Waals surface area contributed by atoms with Gasteiger partial charge in [0, 0.05) is 23.5 Å². The Bertz CT molecular complexity index is 548. The molecule has 1 aromatic carbocycles. The number of hydrogen-bond donors (Lipinski definition) is 2. The summed E-state index contributed by atoms with van der Waals surface area (Å²) in [6.45, 7) is 2.72.